The molecule has 6 heteroatoms. The summed E-state index contributed by atoms with van der Waals surface area (Å²) >= 11 is 0. The zero-order valence-corrected chi connectivity index (χ0v) is 25.3. The summed E-state index contributed by atoms with van der Waals surface area (Å²) in [5, 5.41) is 0. The summed E-state index contributed by atoms with van der Waals surface area (Å²) in [5.74, 6) is 0. The second-order valence-corrected chi connectivity index (χ2v) is 12.7. The number of piperidine rings is 2. The summed E-state index contributed by atoms with van der Waals surface area (Å²) in [6, 6.07) is 0. The lowest BCUT2D eigenvalue weighted by molar-refractivity contribution is -0.0271. The predicted octanol–water partition coefficient (Wildman–Crippen LogP) is 6.66. The van der Waals surface area contributed by atoms with E-state index in [1.54, 1.807) is 7.11 Å². The standard InChI is InChI=1S/2C11H23NO.C7H16O2.CH4/c2*1-11(2,3)13-10-9-12-7-5-4-6-8-12;1-7(2,3)9-6-5-8-4;/h2*4-10H2,1-3H3;5-6H2,1-4H3;1H4. The Morgan fingerprint density at radius 1 is 0.472 bits per heavy atom. The normalized spacial score (nSPS) is 17.8. The Labute approximate surface area is 226 Å². The van der Waals surface area contributed by atoms with Gasteiger partial charge in [0.1, 0.15) is 0 Å². The number of hydrogen-bond donors (Lipinski definition) is 0. The molecule has 0 aromatic carbocycles. The maximum atomic E-state index is 5.69. The SMILES string of the molecule is C.CC(C)(C)OCCN1CCCCC1.CC(C)(C)OCCN1CCCCC1.COCCOC(C)(C)C. The second kappa shape index (κ2) is 20.7. The predicted molar refractivity (Wildman–Crippen MR) is 156 cm³/mol. The van der Waals surface area contributed by atoms with E-state index >= 15 is 0 Å². The third kappa shape index (κ3) is 28.3. The fraction of sp³-hybridized carbons (Fsp3) is 1.00. The van der Waals surface area contributed by atoms with E-state index in [4.69, 9.17) is 18.9 Å². The first kappa shape index (κ1) is 37.9. The summed E-state index contributed by atoms with van der Waals surface area (Å²) in [5.41, 5.74) is 0.0180. The fourth-order valence-corrected chi connectivity index (χ4v) is 3.76. The zero-order valence-electron chi connectivity index (χ0n) is 25.3. The van der Waals surface area contributed by atoms with Crippen molar-refractivity contribution in [1.29, 1.82) is 0 Å². The molecule has 0 atom stereocenters. The Morgan fingerprint density at radius 2 is 0.778 bits per heavy atom. The van der Waals surface area contributed by atoms with Gasteiger partial charge >= 0.3 is 0 Å². The summed E-state index contributed by atoms with van der Waals surface area (Å²) in [6.07, 6.45) is 8.31. The minimum absolute atomic E-state index is 0. The quantitative estimate of drug-likeness (QED) is 0.318. The van der Waals surface area contributed by atoms with Gasteiger partial charge in [-0.05, 0) is 114 Å². The third-order valence-electron chi connectivity index (χ3n) is 5.61. The molecule has 2 saturated heterocycles. The molecule has 2 rings (SSSR count). The van der Waals surface area contributed by atoms with Crippen LogP contribution in [-0.4, -0.2) is 99.4 Å². The Hall–Kier alpha value is -0.240. The minimum atomic E-state index is -0.0292. The third-order valence-corrected chi connectivity index (χ3v) is 5.61. The Morgan fingerprint density at radius 3 is 1.06 bits per heavy atom. The number of nitrogens with zero attached hydrogens (tertiary/aromatic N) is 2. The first-order valence-corrected chi connectivity index (χ1v) is 14.1. The lowest BCUT2D eigenvalue weighted by Gasteiger charge is -2.28. The van der Waals surface area contributed by atoms with E-state index in [2.05, 4.69) is 51.3 Å². The van der Waals surface area contributed by atoms with E-state index in [0.29, 0.717) is 13.2 Å². The van der Waals surface area contributed by atoms with Crippen molar-refractivity contribution in [3.05, 3.63) is 0 Å². The summed E-state index contributed by atoms with van der Waals surface area (Å²) in [6.45, 7) is 29.2. The molecule has 0 spiro atoms. The van der Waals surface area contributed by atoms with Gasteiger partial charge in [-0.15, -0.1) is 0 Å². The number of methoxy groups -OCH3 is 1. The van der Waals surface area contributed by atoms with Crippen molar-refractivity contribution >= 4 is 0 Å². The monoisotopic (exact) mass is 519 g/mol. The topological polar surface area (TPSA) is 43.4 Å². The van der Waals surface area contributed by atoms with Crippen molar-refractivity contribution in [1.82, 2.24) is 9.80 Å². The molecule has 36 heavy (non-hydrogen) atoms. The molecule has 0 N–H and O–H groups in total. The molecule has 0 radical (unpaired) electrons. The molecule has 2 heterocycles. The van der Waals surface area contributed by atoms with Crippen molar-refractivity contribution in [2.24, 2.45) is 0 Å². The van der Waals surface area contributed by atoms with Gasteiger partial charge in [0.25, 0.3) is 0 Å². The average Bonchev–Trinajstić information content (AvgIpc) is 2.74. The smallest absolute Gasteiger partial charge is 0.0707 e. The largest absolute Gasteiger partial charge is 0.382 e. The number of likely N-dealkylation sites (tertiary alicyclic amines) is 2. The minimum Gasteiger partial charge on any atom is -0.382 e. The molecule has 2 aliphatic rings. The summed E-state index contributed by atoms with van der Waals surface area (Å²) < 4.78 is 21.5. The zero-order chi connectivity index (χ0) is 26.8. The van der Waals surface area contributed by atoms with Crippen LogP contribution in [0.15, 0.2) is 0 Å². The summed E-state index contributed by atoms with van der Waals surface area (Å²) in [7, 11) is 1.67. The maximum absolute atomic E-state index is 5.69. The van der Waals surface area contributed by atoms with Crippen LogP contribution in [0, 0.1) is 0 Å². The van der Waals surface area contributed by atoms with Crippen molar-refractivity contribution in [2.75, 3.05) is 72.8 Å². The van der Waals surface area contributed by atoms with E-state index in [1.165, 1.54) is 64.7 Å². The van der Waals surface area contributed by atoms with Gasteiger partial charge in [-0.2, -0.15) is 0 Å². The highest BCUT2D eigenvalue weighted by molar-refractivity contribution is 4.66. The Bertz CT molecular complexity index is 435. The van der Waals surface area contributed by atoms with Crippen LogP contribution < -0.4 is 0 Å². The van der Waals surface area contributed by atoms with Crippen molar-refractivity contribution in [3.63, 3.8) is 0 Å². The van der Waals surface area contributed by atoms with Gasteiger partial charge < -0.3 is 28.7 Å². The van der Waals surface area contributed by atoms with Gasteiger partial charge in [0, 0.05) is 20.2 Å². The molecular weight excluding hydrogens is 452 g/mol. The molecule has 6 nitrogen and oxygen atoms in total. The van der Waals surface area contributed by atoms with Crippen molar-refractivity contribution in [3.8, 4) is 0 Å². The van der Waals surface area contributed by atoms with Gasteiger partial charge in [-0.1, -0.05) is 20.3 Å². The number of ether oxygens (including phenoxy) is 4. The van der Waals surface area contributed by atoms with E-state index in [9.17, 15) is 0 Å². The molecule has 220 valence electrons. The van der Waals surface area contributed by atoms with Gasteiger partial charge in [0.05, 0.1) is 43.2 Å². The highest BCUT2D eigenvalue weighted by Crippen LogP contribution is 2.11. The van der Waals surface area contributed by atoms with E-state index in [-0.39, 0.29) is 24.2 Å². The van der Waals surface area contributed by atoms with Crippen LogP contribution in [0.25, 0.3) is 0 Å². The van der Waals surface area contributed by atoms with Crippen LogP contribution in [-0.2, 0) is 18.9 Å². The van der Waals surface area contributed by atoms with Crippen LogP contribution in [0.3, 0.4) is 0 Å². The molecule has 0 amide bonds. The van der Waals surface area contributed by atoms with Gasteiger partial charge in [-0.25, -0.2) is 0 Å². The number of rotatable bonds is 9. The number of hydrogen-bond acceptors (Lipinski definition) is 6. The highest BCUT2D eigenvalue weighted by Gasteiger charge is 2.14. The maximum Gasteiger partial charge on any atom is 0.0707 e. The van der Waals surface area contributed by atoms with Crippen LogP contribution in [0.1, 0.15) is 108 Å². The van der Waals surface area contributed by atoms with Gasteiger partial charge in [-0.3, -0.25) is 0 Å². The lowest BCUT2D eigenvalue weighted by Crippen LogP contribution is -2.34. The average molecular weight is 519 g/mol. The second-order valence-electron chi connectivity index (χ2n) is 12.7. The lowest BCUT2D eigenvalue weighted by atomic mass is 10.1. The van der Waals surface area contributed by atoms with Gasteiger partial charge in [0.2, 0.25) is 0 Å². The molecule has 0 aliphatic carbocycles. The molecule has 0 aromatic rings. The van der Waals surface area contributed by atoms with Crippen LogP contribution in [0.5, 0.6) is 0 Å². The molecule has 2 aliphatic heterocycles. The van der Waals surface area contributed by atoms with Crippen molar-refractivity contribution < 1.29 is 18.9 Å². The molecule has 0 aromatic heterocycles. The van der Waals surface area contributed by atoms with E-state index < -0.39 is 0 Å². The Kier molecular flexibility index (Phi) is 21.8. The molecular formula is C30H66N2O4. The molecule has 0 unspecified atom stereocenters. The fourth-order valence-electron chi connectivity index (χ4n) is 3.76. The molecule has 2 fully saturated rings. The van der Waals surface area contributed by atoms with Crippen LogP contribution >= 0.6 is 0 Å². The van der Waals surface area contributed by atoms with Crippen LogP contribution in [0.4, 0.5) is 0 Å². The van der Waals surface area contributed by atoms with E-state index in [0.717, 1.165) is 26.3 Å². The highest BCUT2D eigenvalue weighted by atomic mass is 16.5. The van der Waals surface area contributed by atoms with Gasteiger partial charge in [0.15, 0.2) is 0 Å². The first-order valence-electron chi connectivity index (χ1n) is 14.1. The van der Waals surface area contributed by atoms with E-state index in [1.807, 2.05) is 20.8 Å². The molecule has 0 saturated carbocycles. The first-order chi connectivity index (χ1) is 16.2. The Balaban J connectivity index is 0. The van der Waals surface area contributed by atoms with Crippen molar-refractivity contribution in [2.45, 2.75) is 125 Å². The summed E-state index contributed by atoms with van der Waals surface area (Å²) in [4.78, 5) is 5.02. The molecule has 0 bridgehead atoms. The van der Waals surface area contributed by atoms with Crippen LogP contribution in [0.2, 0.25) is 0 Å².